The Hall–Kier alpha value is -1.09. The molecule has 1 saturated carbocycles. The maximum Gasteiger partial charge on any atom is 0.251 e. The molecule has 0 aromatic rings. The van der Waals surface area contributed by atoms with Gasteiger partial charge in [0.1, 0.15) is 30.5 Å². The van der Waals surface area contributed by atoms with E-state index in [1.807, 2.05) is 0 Å². The Labute approximate surface area is 251 Å². The largest absolute Gasteiger partial charge is 0.396 e. The third-order valence-corrected chi connectivity index (χ3v) is 8.90. The number of aliphatic hydroxyl groups excluding tert-OH is 6. The highest BCUT2D eigenvalue weighted by atomic mass is 16.7. The van der Waals surface area contributed by atoms with Crippen molar-refractivity contribution in [3.63, 3.8) is 0 Å². The van der Waals surface area contributed by atoms with E-state index in [0.717, 1.165) is 6.42 Å². The van der Waals surface area contributed by atoms with E-state index in [9.17, 15) is 35.4 Å². The Balaban J connectivity index is 1.79. The number of aliphatic hydroxyl groups is 7. The molecule has 6 unspecified atom stereocenters. The van der Waals surface area contributed by atoms with Crippen molar-refractivity contribution >= 4 is 5.91 Å². The van der Waals surface area contributed by atoms with E-state index in [4.69, 9.17) is 41.3 Å². The van der Waals surface area contributed by atoms with Crippen LogP contribution in [0.25, 0.3) is 0 Å². The van der Waals surface area contributed by atoms with Gasteiger partial charge in [0.25, 0.3) is 5.91 Å². The molecule has 0 spiro atoms. The van der Waals surface area contributed by atoms with Crippen molar-refractivity contribution in [2.24, 2.45) is 23.1 Å². The average molecular weight is 625 g/mol. The van der Waals surface area contributed by atoms with Gasteiger partial charge < -0.3 is 77.2 Å². The summed E-state index contributed by atoms with van der Waals surface area (Å²) in [7, 11) is 0. The zero-order valence-electron chi connectivity index (χ0n) is 24.9. The first kappa shape index (κ1) is 36.4. The van der Waals surface area contributed by atoms with E-state index < -0.39 is 97.4 Å². The van der Waals surface area contributed by atoms with Crippen LogP contribution in [0, 0.1) is 5.92 Å². The van der Waals surface area contributed by atoms with Gasteiger partial charge in [-0.15, -0.1) is 0 Å². The number of unbranched alkanes of at least 4 members (excludes halogenated alkanes) is 1. The van der Waals surface area contributed by atoms with Crippen LogP contribution in [0.3, 0.4) is 0 Å². The predicted molar refractivity (Wildman–Crippen MR) is 150 cm³/mol. The molecular formula is C27H52N4O12. The Morgan fingerprint density at radius 3 is 2.37 bits per heavy atom. The maximum atomic E-state index is 12.9. The van der Waals surface area contributed by atoms with Crippen LogP contribution in [0.1, 0.15) is 52.4 Å². The lowest BCUT2D eigenvalue weighted by Gasteiger charge is -2.48. The predicted octanol–water partition coefficient (Wildman–Crippen LogP) is -4.53. The minimum Gasteiger partial charge on any atom is -0.396 e. The van der Waals surface area contributed by atoms with Crippen LogP contribution in [-0.2, 0) is 23.7 Å². The lowest BCUT2D eigenvalue weighted by molar-refractivity contribution is -0.314. The quantitative estimate of drug-likeness (QED) is 0.0861. The van der Waals surface area contributed by atoms with Gasteiger partial charge in [0, 0.05) is 25.1 Å². The molecule has 2 heterocycles. The highest BCUT2D eigenvalue weighted by Gasteiger charge is 2.51. The van der Waals surface area contributed by atoms with Crippen LogP contribution < -0.4 is 22.5 Å². The molecule has 0 aromatic carbocycles. The molecule has 0 aromatic heterocycles. The fourth-order valence-corrected chi connectivity index (χ4v) is 5.73. The van der Waals surface area contributed by atoms with Gasteiger partial charge in [-0.1, -0.05) is 6.92 Å². The minimum atomic E-state index is -2.07. The van der Waals surface area contributed by atoms with Crippen LogP contribution in [0.15, 0.2) is 0 Å². The zero-order chi connectivity index (χ0) is 32.1. The third-order valence-electron chi connectivity index (χ3n) is 8.90. The number of nitrogens with two attached hydrogens (primary N) is 3. The van der Waals surface area contributed by atoms with E-state index in [0.29, 0.717) is 25.7 Å². The molecule has 3 rings (SSSR count). The van der Waals surface area contributed by atoms with Crippen molar-refractivity contribution < 1.29 is 59.5 Å². The van der Waals surface area contributed by atoms with Crippen molar-refractivity contribution in [1.29, 1.82) is 0 Å². The van der Waals surface area contributed by atoms with Gasteiger partial charge >= 0.3 is 0 Å². The van der Waals surface area contributed by atoms with Crippen LogP contribution in [-0.4, -0.2) is 147 Å². The second-order valence-electron chi connectivity index (χ2n) is 12.3. The van der Waals surface area contributed by atoms with Gasteiger partial charge in [0.05, 0.1) is 36.5 Å². The summed E-state index contributed by atoms with van der Waals surface area (Å²) in [4.78, 5) is 12.9. The second kappa shape index (κ2) is 16.0. The summed E-state index contributed by atoms with van der Waals surface area (Å²) in [5.74, 6) is -1.76. The highest BCUT2D eigenvalue weighted by molar-refractivity contribution is 5.81. The van der Waals surface area contributed by atoms with Crippen LogP contribution in [0.2, 0.25) is 0 Å². The number of hydrogen-bond donors (Lipinski definition) is 11. The lowest BCUT2D eigenvalue weighted by Crippen LogP contribution is -2.68. The fraction of sp³-hybridized carbons (Fsp3) is 0.963. The molecule has 2 aliphatic heterocycles. The summed E-state index contributed by atoms with van der Waals surface area (Å²) in [6, 6.07) is -2.48. The Bertz CT molecular complexity index is 874. The number of hydrogen-bond acceptors (Lipinski definition) is 15. The first-order valence-corrected chi connectivity index (χ1v) is 15.0. The van der Waals surface area contributed by atoms with E-state index in [-0.39, 0.29) is 25.7 Å². The highest BCUT2D eigenvalue weighted by Crippen LogP contribution is 2.34. The molecule has 3 aliphatic rings. The van der Waals surface area contributed by atoms with Crippen molar-refractivity contribution in [3.8, 4) is 0 Å². The summed E-state index contributed by atoms with van der Waals surface area (Å²) >= 11 is 0. The van der Waals surface area contributed by atoms with Gasteiger partial charge in [0.15, 0.2) is 18.7 Å². The maximum absolute atomic E-state index is 12.9. The monoisotopic (exact) mass is 624 g/mol. The fourth-order valence-electron chi connectivity index (χ4n) is 5.73. The van der Waals surface area contributed by atoms with E-state index in [1.165, 1.54) is 6.92 Å². The molecule has 1 aliphatic carbocycles. The number of ether oxygens (including phenoxy) is 4. The summed E-state index contributed by atoms with van der Waals surface area (Å²) in [5.41, 5.74) is 16.7. The number of nitrogens with one attached hydrogen (secondary N) is 1. The van der Waals surface area contributed by atoms with E-state index in [1.54, 1.807) is 6.92 Å². The SMILES string of the molecule is C[C@@H]1C(O)[C@@H](OC2C(O)C(O[C@H]3O[C@H](CCCCO)CCC3N)[C@@H](N)C[C@H]2NC(=O)[C@@H](O)[C@@H](O)[C@@H](O)CN)OCC1(C)O. The first-order valence-electron chi connectivity index (χ1n) is 15.0. The number of carbonyl (C=O) groups is 1. The average Bonchev–Trinajstić information content (AvgIpc) is 2.97. The first-order chi connectivity index (χ1) is 20.2. The third kappa shape index (κ3) is 9.01. The number of amides is 1. The summed E-state index contributed by atoms with van der Waals surface area (Å²) in [6.45, 7) is 2.61. The summed E-state index contributed by atoms with van der Waals surface area (Å²) in [6.07, 6.45) is -9.82. The summed E-state index contributed by atoms with van der Waals surface area (Å²) < 4.78 is 23.8. The van der Waals surface area contributed by atoms with Crippen molar-refractivity contribution in [3.05, 3.63) is 0 Å². The Kier molecular flexibility index (Phi) is 13.5. The molecule has 14 N–H and O–H groups in total. The molecule has 3 fully saturated rings. The van der Waals surface area contributed by atoms with Crippen LogP contribution >= 0.6 is 0 Å². The standard InChI is InChI=1S/C27H52N4O12/c1-12-18(34)26(40-11-27(12,2)39)43-23-16(31-24(38)20(36)19(35)17(33)10-28)9-15(30)22(21(23)37)42-25-14(29)7-6-13(41-25)5-3-4-8-32/h12-23,25-26,32-37,39H,3-11,28-30H2,1-2H3,(H,31,38)/t12-,13-,14?,15+,16-,17+,18?,19+,20+,21?,22?,23?,25-,26-,27?/m1/s1. The van der Waals surface area contributed by atoms with E-state index in [2.05, 4.69) is 5.32 Å². The van der Waals surface area contributed by atoms with Gasteiger partial charge in [-0.2, -0.15) is 0 Å². The second-order valence-corrected chi connectivity index (χ2v) is 12.3. The zero-order valence-corrected chi connectivity index (χ0v) is 24.9. The minimum absolute atomic E-state index is 0.0433. The Morgan fingerprint density at radius 1 is 1.05 bits per heavy atom. The van der Waals surface area contributed by atoms with Gasteiger partial charge in [-0.25, -0.2) is 0 Å². The van der Waals surface area contributed by atoms with Crippen molar-refractivity contribution in [1.82, 2.24) is 5.32 Å². The van der Waals surface area contributed by atoms with Crippen molar-refractivity contribution in [2.45, 2.75) is 138 Å². The molecule has 252 valence electrons. The molecule has 16 heteroatoms. The molecule has 2 saturated heterocycles. The number of rotatable bonds is 13. The molecule has 16 nitrogen and oxygen atoms in total. The molecule has 43 heavy (non-hydrogen) atoms. The molecule has 1 amide bonds. The smallest absolute Gasteiger partial charge is 0.251 e. The molecule has 0 radical (unpaired) electrons. The summed E-state index contributed by atoms with van der Waals surface area (Å²) in [5, 5.41) is 74.7. The van der Waals surface area contributed by atoms with Gasteiger partial charge in [-0.05, 0) is 45.4 Å². The Morgan fingerprint density at radius 2 is 1.72 bits per heavy atom. The van der Waals surface area contributed by atoms with Crippen molar-refractivity contribution in [2.75, 3.05) is 19.8 Å². The van der Waals surface area contributed by atoms with E-state index >= 15 is 0 Å². The molecule has 0 bridgehead atoms. The van der Waals surface area contributed by atoms with Gasteiger partial charge in [-0.3, -0.25) is 4.79 Å². The lowest BCUT2D eigenvalue weighted by atomic mass is 9.82. The van der Waals surface area contributed by atoms with Gasteiger partial charge in [0.2, 0.25) is 0 Å². The molecule has 15 atom stereocenters. The number of carbonyl (C=O) groups excluding carboxylic acids is 1. The molecular weight excluding hydrogens is 572 g/mol. The van der Waals surface area contributed by atoms with Crippen LogP contribution in [0.5, 0.6) is 0 Å². The van der Waals surface area contributed by atoms with Crippen LogP contribution in [0.4, 0.5) is 0 Å². The normalized spacial score (nSPS) is 42.7. The topological polar surface area (TPSA) is 286 Å².